The Morgan fingerprint density at radius 1 is 1.19 bits per heavy atom. The molecule has 0 atom stereocenters. The average Bonchev–Trinajstić information content (AvgIpc) is 3.35. The number of carbonyl (C=O) groups is 2. The Morgan fingerprint density at radius 2 is 2.00 bits per heavy atom. The van der Waals surface area contributed by atoms with Crippen LogP contribution in [0.3, 0.4) is 0 Å². The third-order valence-corrected chi connectivity index (χ3v) is 4.29. The summed E-state index contributed by atoms with van der Waals surface area (Å²) in [5.74, 6) is 0.657. The Bertz CT molecular complexity index is 908. The van der Waals surface area contributed by atoms with E-state index in [-0.39, 0.29) is 25.4 Å². The maximum absolute atomic E-state index is 11.8. The van der Waals surface area contributed by atoms with Crippen molar-refractivity contribution in [3.05, 3.63) is 52.5 Å². The van der Waals surface area contributed by atoms with Crippen LogP contribution in [0.1, 0.15) is 17.9 Å². The van der Waals surface area contributed by atoms with E-state index in [1.807, 2.05) is 41.9 Å². The van der Waals surface area contributed by atoms with Gasteiger partial charge in [-0.3, -0.25) is 20.4 Å². The Balaban J connectivity index is 1.37. The highest BCUT2D eigenvalue weighted by atomic mass is 32.1. The Hall–Kier alpha value is -3.20. The van der Waals surface area contributed by atoms with Crippen LogP contribution in [0.15, 0.2) is 45.6 Å². The van der Waals surface area contributed by atoms with Crippen molar-refractivity contribution in [2.45, 2.75) is 19.8 Å². The van der Waals surface area contributed by atoms with E-state index in [4.69, 9.17) is 9.26 Å². The molecule has 0 saturated carbocycles. The molecule has 1 aromatic carbocycles. The number of hydrogen-bond donors (Lipinski definition) is 2. The number of rotatable bonds is 7. The number of hydrazine groups is 1. The lowest BCUT2D eigenvalue weighted by molar-refractivity contribution is -0.130. The predicted octanol–water partition coefficient (Wildman–Crippen LogP) is 2.27. The summed E-state index contributed by atoms with van der Waals surface area (Å²) in [6.07, 6.45) is 0.378. The second-order valence-corrected chi connectivity index (χ2v) is 6.45. The normalized spacial score (nSPS) is 10.4. The van der Waals surface area contributed by atoms with Crippen molar-refractivity contribution in [3.8, 4) is 17.1 Å². The molecule has 140 valence electrons. The van der Waals surface area contributed by atoms with Gasteiger partial charge in [-0.25, -0.2) is 0 Å². The van der Waals surface area contributed by atoms with Gasteiger partial charge in [0, 0.05) is 23.8 Å². The molecule has 0 fully saturated rings. The summed E-state index contributed by atoms with van der Waals surface area (Å²) in [6, 6.07) is 9.26. The SMILES string of the molecule is Cc1ccccc1OCC(=O)NNC(=O)CCc1nc(-c2ccsc2)no1. The van der Waals surface area contributed by atoms with Gasteiger partial charge in [0.05, 0.1) is 0 Å². The third kappa shape index (κ3) is 5.38. The van der Waals surface area contributed by atoms with Crippen molar-refractivity contribution in [1.29, 1.82) is 0 Å². The summed E-state index contributed by atoms with van der Waals surface area (Å²) in [5, 5.41) is 7.71. The Morgan fingerprint density at radius 3 is 2.78 bits per heavy atom. The molecule has 2 heterocycles. The first-order valence-electron chi connectivity index (χ1n) is 8.23. The molecule has 0 aliphatic rings. The molecule has 27 heavy (non-hydrogen) atoms. The fourth-order valence-corrected chi connectivity index (χ4v) is 2.82. The van der Waals surface area contributed by atoms with Crippen molar-refractivity contribution < 1.29 is 18.8 Å². The van der Waals surface area contributed by atoms with Gasteiger partial charge >= 0.3 is 0 Å². The molecule has 8 nitrogen and oxygen atoms in total. The maximum atomic E-state index is 11.8. The molecule has 0 unspecified atom stereocenters. The molecule has 3 rings (SSSR count). The largest absolute Gasteiger partial charge is 0.483 e. The highest BCUT2D eigenvalue weighted by Gasteiger charge is 2.12. The van der Waals surface area contributed by atoms with Gasteiger partial charge in [-0.1, -0.05) is 23.4 Å². The third-order valence-electron chi connectivity index (χ3n) is 3.61. The van der Waals surface area contributed by atoms with Crippen LogP contribution in [0.25, 0.3) is 11.4 Å². The zero-order valence-corrected chi connectivity index (χ0v) is 15.4. The minimum absolute atomic E-state index is 0.101. The van der Waals surface area contributed by atoms with E-state index < -0.39 is 5.91 Å². The Labute approximate surface area is 159 Å². The minimum atomic E-state index is -0.455. The zero-order chi connectivity index (χ0) is 19.1. The first-order chi connectivity index (χ1) is 13.1. The van der Waals surface area contributed by atoms with E-state index in [9.17, 15) is 9.59 Å². The van der Waals surface area contributed by atoms with Crippen molar-refractivity contribution >= 4 is 23.2 Å². The van der Waals surface area contributed by atoms with Gasteiger partial charge in [0.1, 0.15) is 5.75 Å². The maximum Gasteiger partial charge on any atom is 0.276 e. The first-order valence-corrected chi connectivity index (χ1v) is 9.17. The number of para-hydroxylation sites is 1. The van der Waals surface area contributed by atoms with Gasteiger partial charge in [0.15, 0.2) is 6.61 Å². The zero-order valence-electron chi connectivity index (χ0n) is 14.6. The van der Waals surface area contributed by atoms with E-state index >= 15 is 0 Å². The fraction of sp³-hybridized carbons (Fsp3) is 0.222. The molecule has 0 saturated heterocycles. The van der Waals surface area contributed by atoms with Gasteiger partial charge in [-0.2, -0.15) is 16.3 Å². The molecule has 0 aliphatic carbocycles. The number of ether oxygens (including phenoxy) is 1. The predicted molar refractivity (Wildman–Crippen MR) is 98.9 cm³/mol. The van der Waals surface area contributed by atoms with E-state index in [1.165, 1.54) is 11.3 Å². The van der Waals surface area contributed by atoms with Crippen LogP contribution in [-0.4, -0.2) is 28.6 Å². The number of aryl methyl sites for hydroxylation is 2. The smallest absolute Gasteiger partial charge is 0.276 e. The number of amides is 2. The van der Waals surface area contributed by atoms with Gasteiger partial charge in [0.25, 0.3) is 5.91 Å². The van der Waals surface area contributed by atoms with Crippen molar-refractivity contribution in [3.63, 3.8) is 0 Å². The Kier molecular flexibility index (Phi) is 6.16. The van der Waals surface area contributed by atoms with Crippen LogP contribution in [0.2, 0.25) is 0 Å². The molecule has 2 amide bonds. The topological polar surface area (TPSA) is 106 Å². The summed E-state index contributed by atoms with van der Waals surface area (Å²) in [6.45, 7) is 1.69. The molecule has 9 heteroatoms. The van der Waals surface area contributed by atoms with Crippen LogP contribution in [0.4, 0.5) is 0 Å². The number of benzene rings is 1. The quantitative estimate of drug-likeness (QED) is 0.603. The van der Waals surface area contributed by atoms with E-state index in [0.29, 0.717) is 17.5 Å². The molecular formula is C18H18N4O4S. The number of carbonyl (C=O) groups excluding carboxylic acids is 2. The number of nitrogens with one attached hydrogen (secondary N) is 2. The molecule has 0 bridgehead atoms. The molecule has 0 aliphatic heterocycles. The van der Waals surface area contributed by atoms with E-state index in [1.54, 1.807) is 6.07 Å². The van der Waals surface area contributed by atoms with Crippen LogP contribution >= 0.6 is 11.3 Å². The van der Waals surface area contributed by atoms with Crippen LogP contribution < -0.4 is 15.6 Å². The van der Waals surface area contributed by atoms with E-state index in [0.717, 1.165) is 11.1 Å². The number of hydrogen-bond acceptors (Lipinski definition) is 7. The molecule has 0 radical (unpaired) electrons. The van der Waals surface area contributed by atoms with Crippen LogP contribution in [0, 0.1) is 6.92 Å². The van der Waals surface area contributed by atoms with Gasteiger partial charge in [0.2, 0.25) is 17.6 Å². The van der Waals surface area contributed by atoms with Crippen LogP contribution in [0.5, 0.6) is 5.75 Å². The number of aromatic nitrogens is 2. The molecular weight excluding hydrogens is 368 g/mol. The summed E-state index contributed by atoms with van der Waals surface area (Å²) in [4.78, 5) is 27.8. The van der Waals surface area contributed by atoms with Gasteiger partial charge in [-0.05, 0) is 30.0 Å². The van der Waals surface area contributed by atoms with Crippen molar-refractivity contribution in [2.24, 2.45) is 0 Å². The molecule has 2 N–H and O–H groups in total. The lowest BCUT2D eigenvalue weighted by Crippen LogP contribution is -2.43. The lowest BCUT2D eigenvalue weighted by Gasteiger charge is -2.09. The van der Waals surface area contributed by atoms with E-state index in [2.05, 4.69) is 21.0 Å². The van der Waals surface area contributed by atoms with Crippen LogP contribution in [-0.2, 0) is 16.0 Å². The van der Waals surface area contributed by atoms with Crippen molar-refractivity contribution in [1.82, 2.24) is 21.0 Å². The standard InChI is InChI=1S/C18H18N4O4S/c1-12-4-2-3-5-14(12)25-10-16(24)21-20-15(23)6-7-17-19-18(22-26-17)13-8-9-27-11-13/h2-5,8-9,11H,6-7,10H2,1H3,(H,20,23)(H,21,24). The highest BCUT2D eigenvalue weighted by Crippen LogP contribution is 2.19. The summed E-state index contributed by atoms with van der Waals surface area (Å²) < 4.78 is 10.5. The molecule has 0 spiro atoms. The summed E-state index contributed by atoms with van der Waals surface area (Å²) in [7, 11) is 0. The lowest BCUT2D eigenvalue weighted by atomic mass is 10.2. The number of thiophene rings is 1. The minimum Gasteiger partial charge on any atom is -0.483 e. The monoisotopic (exact) mass is 386 g/mol. The fourth-order valence-electron chi connectivity index (χ4n) is 2.19. The summed E-state index contributed by atoms with van der Waals surface area (Å²) in [5.41, 5.74) is 6.44. The summed E-state index contributed by atoms with van der Waals surface area (Å²) >= 11 is 1.54. The second kappa shape index (κ2) is 8.95. The number of nitrogens with zero attached hydrogens (tertiary/aromatic N) is 2. The van der Waals surface area contributed by atoms with Gasteiger partial charge < -0.3 is 9.26 Å². The molecule has 3 aromatic rings. The van der Waals surface area contributed by atoms with Crippen molar-refractivity contribution in [2.75, 3.05) is 6.61 Å². The highest BCUT2D eigenvalue weighted by molar-refractivity contribution is 7.08. The first kappa shape index (κ1) is 18.6. The average molecular weight is 386 g/mol. The van der Waals surface area contributed by atoms with Gasteiger partial charge in [-0.15, -0.1) is 0 Å². The second-order valence-electron chi connectivity index (χ2n) is 5.67. The molecule has 2 aromatic heterocycles.